The Morgan fingerprint density at radius 2 is 1.58 bits per heavy atom. The van der Waals surface area contributed by atoms with Crippen molar-refractivity contribution >= 4 is 5.91 Å². The maximum absolute atomic E-state index is 13.6. The minimum Gasteiger partial charge on any atom is -0.497 e. The van der Waals surface area contributed by atoms with Crippen LogP contribution in [0.25, 0.3) is 16.9 Å². The van der Waals surface area contributed by atoms with Crippen molar-refractivity contribution < 1.29 is 14.3 Å². The quantitative estimate of drug-likeness (QED) is 0.323. The Balaban J connectivity index is 1.39. The third kappa shape index (κ3) is 5.46. The van der Waals surface area contributed by atoms with Gasteiger partial charge in [0.15, 0.2) is 0 Å². The lowest BCUT2D eigenvalue weighted by molar-refractivity contribution is 0.0908. The van der Waals surface area contributed by atoms with Crippen LogP contribution in [0.15, 0.2) is 84.9 Å². The van der Waals surface area contributed by atoms with Crippen LogP contribution in [-0.4, -0.2) is 48.7 Å². The van der Waals surface area contributed by atoms with E-state index in [-0.39, 0.29) is 11.9 Å². The monoisotopic (exact) mass is 509 g/mol. The Kier molecular flexibility index (Phi) is 7.80. The lowest BCUT2D eigenvalue weighted by Crippen LogP contribution is -2.44. The fourth-order valence-electron chi connectivity index (χ4n) is 5.28. The number of nitrogens with one attached hydrogen (secondary N) is 1. The third-order valence-electron chi connectivity index (χ3n) is 7.36. The van der Waals surface area contributed by atoms with Gasteiger partial charge in [-0.05, 0) is 49.1 Å². The summed E-state index contributed by atoms with van der Waals surface area (Å²) in [7, 11) is 3.31. The molecule has 1 aliphatic rings. The minimum absolute atomic E-state index is 0.0400. The van der Waals surface area contributed by atoms with Crippen LogP contribution in [0.3, 0.4) is 0 Å². The number of rotatable bonds is 8. The summed E-state index contributed by atoms with van der Waals surface area (Å²) in [6.45, 7) is 4.88. The molecule has 38 heavy (non-hydrogen) atoms. The second-order valence-corrected chi connectivity index (χ2v) is 9.78. The predicted molar refractivity (Wildman–Crippen MR) is 151 cm³/mol. The normalized spacial score (nSPS) is 14.3. The fraction of sp³-hybridized carbons (Fsp3) is 0.281. The number of hydrogen-bond acceptors (Lipinski definition) is 4. The van der Waals surface area contributed by atoms with E-state index < -0.39 is 0 Å². The maximum Gasteiger partial charge on any atom is 0.253 e. The Bertz CT molecular complexity index is 1370. The van der Waals surface area contributed by atoms with Crippen molar-refractivity contribution in [1.82, 2.24) is 14.8 Å². The van der Waals surface area contributed by atoms with Crippen LogP contribution in [-0.2, 0) is 6.54 Å². The molecule has 0 saturated carbocycles. The number of nitrogens with zero attached hydrogens (tertiary/aromatic N) is 2. The molecule has 1 N–H and O–H groups in total. The summed E-state index contributed by atoms with van der Waals surface area (Å²) < 4.78 is 13.3. The molecule has 0 spiro atoms. The van der Waals surface area contributed by atoms with E-state index in [9.17, 15) is 4.79 Å². The number of methoxy groups -OCH3 is 2. The van der Waals surface area contributed by atoms with Gasteiger partial charge in [0.2, 0.25) is 0 Å². The molecule has 0 aliphatic carbocycles. The van der Waals surface area contributed by atoms with Crippen molar-refractivity contribution in [1.29, 1.82) is 0 Å². The highest BCUT2D eigenvalue weighted by molar-refractivity contribution is 5.97. The van der Waals surface area contributed by atoms with Gasteiger partial charge in [-0.3, -0.25) is 9.69 Å². The lowest BCUT2D eigenvalue weighted by Gasteiger charge is -2.32. The van der Waals surface area contributed by atoms with Crippen LogP contribution in [0.5, 0.6) is 11.5 Å². The first kappa shape index (κ1) is 25.6. The smallest absolute Gasteiger partial charge is 0.253 e. The van der Waals surface area contributed by atoms with Crippen LogP contribution in [0.1, 0.15) is 34.5 Å². The van der Waals surface area contributed by atoms with E-state index in [0.717, 1.165) is 60.9 Å². The first-order chi connectivity index (χ1) is 18.6. The van der Waals surface area contributed by atoms with Crippen molar-refractivity contribution in [3.8, 4) is 28.4 Å². The molecule has 1 amide bonds. The maximum atomic E-state index is 13.6. The van der Waals surface area contributed by atoms with Gasteiger partial charge in [-0.1, -0.05) is 60.7 Å². The molecule has 0 atom stereocenters. The molecule has 4 aromatic rings. The minimum atomic E-state index is -0.0400. The van der Waals surface area contributed by atoms with Crippen molar-refractivity contribution in [2.75, 3.05) is 27.3 Å². The number of piperidine rings is 1. The van der Waals surface area contributed by atoms with E-state index in [1.54, 1.807) is 14.2 Å². The van der Waals surface area contributed by atoms with Gasteiger partial charge < -0.3 is 19.4 Å². The average molecular weight is 510 g/mol. The van der Waals surface area contributed by atoms with Gasteiger partial charge in [0, 0.05) is 37.4 Å². The number of benzene rings is 3. The SMILES string of the molecule is COc1ccc(OC)c(-n2c(-c3ccccc3)cc(C(=O)NC3CCN(Cc4ccccc4)CC3)c2C)c1. The van der Waals surface area contributed by atoms with Crippen LogP contribution >= 0.6 is 0 Å². The standard InChI is InChI=1S/C32H35N3O3/c1-23-28(32(36)33-26-16-18-34(19-17-26)22-24-10-6-4-7-11-24)21-29(25-12-8-5-9-13-25)35(23)30-20-27(37-2)14-15-31(30)38-3/h4-15,20-21,26H,16-19,22H2,1-3H3,(H,33,36). The van der Waals surface area contributed by atoms with Gasteiger partial charge >= 0.3 is 0 Å². The van der Waals surface area contributed by atoms with Crippen LogP contribution < -0.4 is 14.8 Å². The molecular formula is C32H35N3O3. The zero-order valence-corrected chi connectivity index (χ0v) is 22.3. The van der Waals surface area contributed by atoms with Gasteiger partial charge in [0.25, 0.3) is 5.91 Å². The first-order valence-corrected chi connectivity index (χ1v) is 13.1. The van der Waals surface area contributed by atoms with Crippen molar-refractivity contribution in [3.05, 3.63) is 102 Å². The molecular weight excluding hydrogens is 474 g/mol. The number of hydrogen-bond donors (Lipinski definition) is 1. The van der Waals surface area contributed by atoms with E-state index in [1.165, 1.54) is 5.56 Å². The molecule has 2 heterocycles. The molecule has 0 bridgehead atoms. The van der Waals surface area contributed by atoms with Gasteiger partial charge in [0.05, 0.1) is 31.2 Å². The summed E-state index contributed by atoms with van der Waals surface area (Å²) in [6, 6.07) is 28.5. The molecule has 6 heteroatoms. The molecule has 5 rings (SSSR count). The molecule has 1 saturated heterocycles. The summed E-state index contributed by atoms with van der Waals surface area (Å²) in [5.41, 5.74) is 5.63. The number of likely N-dealkylation sites (tertiary alicyclic amines) is 1. The van der Waals surface area contributed by atoms with Crippen LogP contribution in [0.4, 0.5) is 0 Å². The molecule has 1 aliphatic heterocycles. The van der Waals surface area contributed by atoms with Crippen molar-refractivity contribution in [2.24, 2.45) is 0 Å². The summed E-state index contributed by atoms with van der Waals surface area (Å²) in [6.07, 6.45) is 1.88. The van der Waals surface area contributed by atoms with Crippen LogP contribution in [0.2, 0.25) is 0 Å². The predicted octanol–water partition coefficient (Wildman–Crippen LogP) is 5.86. The number of ether oxygens (including phenoxy) is 2. The molecule has 3 aromatic carbocycles. The van der Waals surface area contributed by atoms with Gasteiger partial charge in [0.1, 0.15) is 11.5 Å². The highest BCUT2D eigenvalue weighted by Crippen LogP contribution is 2.35. The summed E-state index contributed by atoms with van der Waals surface area (Å²) in [4.78, 5) is 16.1. The topological polar surface area (TPSA) is 55.7 Å². The fourth-order valence-corrected chi connectivity index (χ4v) is 5.28. The number of aromatic nitrogens is 1. The number of carbonyl (C=O) groups is 1. The van der Waals surface area contributed by atoms with Crippen molar-refractivity contribution in [2.45, 2.75) is 32.4 Å². The Morgan fingerprint density at radius 3 is 2.24 bits per heavy atom. The Labute approximate surface area is 224 Å². The second-order valence-electron chi connectivity index (χ2n) is 9.78. The molecule has 6 nitrogen and oxygen atoms in total. The Morgan fingerprint density at radius 1 is 0.895 bits per heavy atom. The first-order valence-electron chi connectivity index (χ1n) is 13.1. The molecule has 196 valence electrons. The zero-order valence-electron chi connectivity index (χ0n) is 22.3. The summed E-state index contributed by atoms with van der Waals surface area (Å²) in [5, 5.41) is 3.32. The average Bonchev–Trinajstić information content (AvgIpc) is 3.31. The molecule has 1 aromatic heterocycles. The number of carbonyl (C=O) groups excluding carboxylic acids is 1. The van der Waals surface area contributed by atoms with Crippen molar-refractivity contribution in [3.63, 3.8) is 0 Å². The van der Waals surface area contributed by atoms with Gasteiger partial charge in [-0.2, -0.15) is 0 Å². The highest BCUT2D eigenvalue weighted by Gasteiger charge is 2.25. The largest absolute Gasteiger partial charge is 0.497 e. The Hall–Kier alpha value is -4.03. The van der Waals surface area contributed by atoms with Gasteiger partial charge in [-0.15, -0.1) is 0 Å². The van der Waals surface area contributed by atoms with E-state index in [0.29, 0.717) is 11.3 Å². The highest BCUT2D eigenvalue weighted by atomic mass is 16.5. The lowest BCUT2D eigenvalue weighted by atomic mass is 10.0. The van der Waals surface area contributed by atoms with E-state index in [4.69, 9.17) is 9.47 Å². The third-order valence-corrected chi connectivity index (χ3v) is 7.36. The van der Waals surface area contributed by atoms with Gasteiger partial charge in [-0.25, -0.2) is 0 Å². The number of amides is 1. The molecule has 0 unspecified atom stereocenters. The summed E-state index contributed by atoms with van der Waals surface area (Å²) >= 11 is 0. The van der Waals surface area contributed by atoms with E-state index >= 15 is 0 Å². The second kappa shape index (κ2) is 11.6. The van der Waals surface area contributed by atoms with Crippen LogP contribution in [0, 0.1) is 6.92 Å². The molecule has 0 radical (unpaired) electrons. The zero-order chi connectivity index (χ0) is 26.5. The van der Waals surface area contributed by atoms with E-state index in [1.807, 2.05) is 55.5 Å². The molecule has 1 fully saturated rings. The summed E-state index contributed by atoms with van der Waals surface area (Å²) in [5.74, 6) is 1.39. The van der Waals surface area contributed by atoms with E-state index in [2.05, 4.69) is 51.2 Å².